The van der Waals surface area contributed by atoms with Gasteiger partial charge in [0.05, 0.1) is 12.9 Å². The Balaban J connectivity index is 1.36. The smallest absolute Gasteiger partial charge is 0.274 e. The zero-order valence-corrected chi connectivity index (χ0v) is 20.7. The van der Waals surface area contributed by atoms with E-state index in [2.05, 4.69) is 15.6 Å². The molecular formula is C27H35N5O3. The standard InChI is InChI=1S/C27H35N5O3/c1-18-8-7-9-19(14-18)15-28-26(35)27(2)16-31-17-29-22(23(31)25(34)32(27)21-12-13-21)24(33)30-20-10-5-3-4-6-11-20/h7-9,14,17,20-21H,3-6,10-13,15-16H2,1-2H3,(H,28,35)(H,30,33)/t27-/m0/s1. The fourth-order valence-electron chi connectivity index (χ4n) is 5.59. The Morgan fingerprint density at radius 1 is 1.11 bits per heavy atom. The van der Waals surface area contributed by atoms with Crippen LogP contribution in [0.3, 0.4) is 0 Å². The summed E-state index contributed by atoms with van der Waals surface area (Å²) >= 11 is 0. The number of imidazole rings is 1. The zero-order valence-electron chi connectivity index (χ0n) is 20.7. The molecule has 35 heavy (non-hydrogen) atoms. The van der Waals surface area contributed by atoms with Gasteiger partial charge in [0.25, 0.3) is 11.8 Å². The third-order valence-corrected chi connectivity index (χ3v) is 7.61. The molecule has 3 aliphatic rings. The second kappa shape index (κ2) is 9.47. The number of fused-ring (bicyclic) bond motifs is 1. The van der Waals surface area contributed by atoms with E-state index in [1.54, 1.807) is 9.47 Å². The molecule has 2 heterocycles. The van der Waals surface area contributed by atoms with Crippen LogP contribution in [0.2, 0.25) is 0 Å². The molecule has 2 saturated carbocycles. The first-order valence-electron chi connectivity index (χ1n) is 12.9. The molecular weight excluding hydrogens is 442 g/mol. The van der Waals surface area contributed by atoms with Gasteiger partial charge >= 0.3 is 0 Å². The molecule has 0 radical (unpaired) electrons. The molecule has 1 aromatic heterocycles. The number of hydrogen-bond acceptors (Lipinski definition) is 4. The SMILES string of the molecule is Cc1cccc(CNC(=O)[C@]2(C)Cn3cnc(C(=O)NC4CCCCCC4)c3C(=O)N2C2CC2)c1. The molecule has 2 N–H and O–H groups in total. The highest BCUT2D eigenvalue weighted by Crippen LogP contribution is 2.39. The van der Waals surface area contributed by atoms with Crippen LogP contribution in [0.1, 0.15) is 90.4 Å². The van der Waals surface area contributed by atoms with Crippen LogP contribution in [0.4, 0.5) is 0 Å². The maximum absolute atomic E-state index is 13.8. The molecule has 5 rings (SSSR count). The molecule has 0 bridgehead atoms. The molecule has 1 aromatic carbocycles. The first kappa shape index (κ1) is 23.6. The van der Waals surface area contributed by atoms with Crippen molar-refractivity contribution in [1.82, 2.24) is 25.1 Å². The summed E-state index contributed by atoms with van der Waals surface area (Å²) in [6, 6.07) is 8.15. The second-order valence-corrected chi connectivity index (χ2v) is 10.6. The number of carbonyl (C=O) groups is 3. The van der Waals surface area contributed by atoms with Crippen LogP contribution >= 0.6 is 0 Å². The number of rotatable bonds is 6. The second-order valence-electron chi connectivity index (χ2n) is 10.6. The zero-order chi connectivity index (χ0) is 24.6. The lowest BCUT2D eigenvalue weighted by Gasteiger charge is -2.44. The summed E-state index contributed by atoms with van der Waals surface area (Å²) < 4.78 is 1.69. The van der Waals surface area contributed by atoms with E-state index in [-0.39, 0.29) is 42.0 Å². The minimum Gasteiger partial charge on any atom is -0.350 e. The predicted molar refractivity (Wildman–Crippen MR) is 132 cm³/mol. The quantitative estimate of drug-likeness (QED) is 0.624. The summed E-state index contributed by atoms with van der Waals surface area (Å²) in [6.45, 7) is 4.51. The molecule has 8 nitrogen and oxygen atoms in total. The van der Waals surface area contributed by atoms with Gasteiger partial charge in [-0.15, -0.1) is 0 Å². The van der Waals surface area contributed by atoms with E-state index in [9.17, 15) is 14.4 Å². The van der Waals surface area contributed by atoms with Crippen LogP contribution < -0.4 is 10.6 Å². The van der Waals surface area contributed by atoms with Crippen LogP contribution in [0.25, 0.3) is 0 Å². The van der Waals surface area contributed by atoms with Crippen molar-refractivity contribution in [3.05, 3.63) is 53.1 Å². The van der Waals surface area contributed by atoms with Crippen molar-refractivity contribution in [2.75, 3.05) is 0 Å². The number of aromatic nitrogens is 2. The molecule has 0 spiro atoms. The number of nitrogens with one attached hydrogen (secondary N) is 2. The average molecular weight is 478 g/mol. The predicted octanol–water partition coefficient (Wildman–Crippen LogP) is 3.34. The van der Waals surface area contributed by atoms with Crippen LogP contribution in [0.5, 0.6) is 0 Å². The number of aryl methyl sites for hydroxylation is 1. The van der Waals surface area contributed by atoms with Crippen molar-refractivity contribution in [3.63, 3.8) is 0 Å². The minimum atomic E-state index is -1.05. The highest BCUT2D eigenvalue weighted by atomic mass is 16.2. The molecule has 1 atom stereocenters. The fraction of sp³-hybridized carbons (Fsp3) is 0.556. The van der Waals surface area contributed by atoms with Gasteiger partial charge in [-0.1, -0.05) is 55.5 Å². The van der Waals surface area contributed by atoms with Crippen molar-refractivity contribution >= 4 is 17.7 Å². The van der Waals surface area contributed by atoms with Gasteiger partial charge in [0, 0.05) is 18.6 Å². The van der Waals surface area contributed by atoms with Crippen LogP contribution in [0.15, 0.2) is 30.6 Å². The highest BCUT2D eigenvalue weighted by Gasteiger charge is 2.53. The lowest BCUT2D eigenvalue weighted by molar-refractivity contribution is -0.133. The summed E-state index contributed by atoms with van der Waals surface area (Å²) in [5.41, 5.74) is 1.57. The minimum absolute atomic E-state index is 0.0126. The van der Waals surface area contributed by atoms with Gasteiger partial charge in [-0.05, 0) is 45.1 Å². The molecule has 3 amide bonds. The average Bonchev–Trinajstić information content (AvgIpc) is 3.61. The van der Waals surface area contributed by atoms with Crippen molar-refractivity contribution in [1.29, 1.82) is 0 Å². The largest absolute Gasteiger partial charge is 0.350 e. The van der Waals surface area contributed by atoms with E-state index in [1.165, 1.54) is 19.2 Å². The normalized spacial score (nSPS) is 22.9. The molecule has 186 valence electrons. The molecule has 0 unspecified atom stereocenters. The summed E-state index contributed by atoms with van der Waals surface area (Å²) in [6.07, 6.45) is 9.80. The van der Waals surface area contributed by atoms with E-state index in [4.69, 9.17) is 0 Å². The molecule has 0 saturated heterocycles. The maximum Gasteiger partial charge on any atom is 0.274 e. The third kappa shape index (κ3) is 4.70. The Morgan fingerprint density at radius 2 is 1.86 bits per heavy atom. The van der Waals surface area contributed by atoms with Gasteiger partial charge in [0.2, 0.25) is 5.91 Å². The Kier molecular flexibility index (Phi) is 6.38. The molecule has 2 aliphatic carbocycles. The van der Waals surface area contributed by atoms with Crippen LogP contribution in [0, 0.1) is 6.92 Å². The number of benzene rings is 1. The van der Waals surface area contributed by atoms with Crippen molar-refractivity contribution in [3.8, 4) is 0 Å². The fourth-order valence-corrected chi connectivity index (χ4v) is 5.59. The van der Waals surface area contributed by atoms with Gasteiger partial charge in [-0.2, -0.15) is 0 Å². The Bertz CT molecular complexity index is 1130. The first-order chi connectivity index (χ1) is 16.9. The van der Waals surface area contributed by atoms with Gasteiger partial charge in [-0.3, -0.25) is 14.4 Å². The summed E-state index contributed by atoms with van der Waals surface area (Å²) in [7, 11) is 0. The van der Waals surface area contributed by atoms with Gasteiger partial charge in [0.1, 0.15) is 11.2 Å². The van der Waals surface area contributed by atoms with E-state index in [0.29, 0.717) is 12.2 Å². The topological polar surface area (TPSA) is 96.3 Å². The number of carbonyl (C=O) groups excluding carboxylic acids is 3. The molecule has 2 aromatic rings. The Morgan fingerprint density at radius 3 is 2.54 bits per heavy atom. The van der Waals surface area contributed by atoms with Crippen molar-refractivity contribution in [2.45, 2.75) is 95.9 Å². The third-order valence-electron chi connectivity index (χ3n) is 7.61. The number of amides is 3. The maximum atomic E-state index is 13.8. The molecule has 1 aliphatic heterocycles. The lowest BCUT2D eigenvalue weighted by Crippen LogP contribution is -2.64. The van der Waals surface area contributed by atoms with Crippen LogP contribution in [-0.4, -0.2) is 49.8 Å². The highest BCUT2D eigenvalue weighted by molar-refractivity contribution is 6.07. The Labute approximate surface area is 206 Å². The van der Waals surface area contributed by atoms with Crippen molar-refractivity contribution in [2.24, 2.45) is 0 Å². The van der Waals surface area contributed by atoms with Crippen molar-refractivity contribution < 1.29 is 14.4 Å². The van der Waals surface area contributed by atoms with Gasteiger partial charge in [-0.25, -0.2) is 4.98 Å². The van der Waals surface area contributed by atoms with Gasteiger partial charge in [0.15, 0.2) is 5.69 Å². The number of hydrogen-bond donors (Lipinski definition) is 2. The van der Waals surface area contributed by atoms with E-state index >= 15 is 0 Å². The first-order valence-corrected chi connectivity index (χ1v) is 12.9. The summed E-state index contributed by atoms with van der Waals surface area (Å²) in [4.78, 5) is 46.5. The molecule has 8 heteroatoms. The summed E-state index contributed by atoms with van der Waals surface area (Å²) in [5.74, 6) is -0.763. The van der Waals surface area contributed by atoms with E-state index < -0.39 is 5.54 Å². The monoisotopic (exact) mass is 477 g/mol. The van der Waals surface area contributed by atoms with Crippen LogP contribution in [-0.2, 0) is 17.9 Å². The number of nitrogens with zero attached hydrogens (tertiary/aromatic N) is 3. The molecule has 2 fully saturated rings. The van der Waals surface area contributed by atoms with E-state index in [0.717, 1.165) is 49.7 Å². The van der Waals surface area contributed by atoms with E-state index in [1.807, 2.05) is 38.1 Å². The van der Waals surface area contributed by atoms with Gasteiger partial charge < -0.3 is 20.1 Å². The lowest BCUT2D eigenvalue weighted by atomic mass is 9.93. The Hall–Kier alpha value is -3.16. The summed E-state index contributed by atoms with van der Waals surface area (Å²) in [5, 5.41) is 6.16.